The molecule has 0 bridgehead atoms. The van der Waals surface area contributed by atoms with Crippen LogP contribution < -0.4 is 11.1 Å². The van der Waals surface area contributed by atoms with Gasteiger partial charge in [-0.05, 0) is 18.6 Å². The molecule has 0 aromatic carbocycles. The van der Waals surface area contributed by atoms with Crippen molar-refractivity contribution < 1.29 is 29.7 Å². The topological polar surface area (TPSA) is 150 Å². The highest BCUT2D eigenvalue weighted by molar-refractivity contribution is 7.14. The highest BCUT2D eigenvalue weighted by atomic mass is 32.1. The van der Waals surface area contributed by atoms with Crippen molar-refractivity contribution in [2.45, 2.75) is 25.4 Å². The molecule has 0 saturated carbocycles. The van der Waals surface area contributed by atoms with Crippen molar-refractivity contribution in [1.82, 2.24) is 5.32 Å². The van der Waals surface area contributed by atoms with Gasteiger partial charge in [-0.25, -0.2) is 4.79 Å². The minimum Gasteiger partial charge on any atom is -0.481 e. The maximum atomic E-state index is 12.2. The van der Waals surface area contributed by atoms with Gasteiger partial charge in [0.1, 0.15) is 6.61 Å². The Labute approximate surface area is 135 Å². The van der Waals surface area contributed by atoms with E-state index in [9.17, 15) is 14.4 Å². The van der Waals surface area contributed by atoms with Gasteiger partial charge >= 0.3 is 11.9 Å². The van der Waals surface area contributed by atoms with Crippen LogP contribution in [-0.4, -0.2) is 45.4 Å². The molecule has 0 aliphatic rings. The lowest BCUT2D eigenvalue weighted by molar-refractivity contribution is -0.145. The van der Waals surface area contributed by atoms with E-state index in [0.717, 1.165) is 11.3 Å². The molecule has 1 aromatic heterocycles. The van der Waals surface area contributed by atoms with Gasteiger partial charge in [-0.1, -0.05) is 11.8 Å². The fourth-order valence-electron chi connectivity index (χ4n) is 1.68. The molecule has 0 radical (unpaired) electrons. The van der Waals surface area contributed by atoms with E-state index >= 15 is 0 Å². The highest BCUT2D eigenvalue weighted by Gasteiger charge is 2.37. The van der Waals surface area contributed by atoms with Gasteiger partial charge in [0.15, 0.2) is 5.66 Å². The van der Waals surface area contributed by atoms with Crippen molar-refractivity contribution in [2.75, 3.05) is 6.61 Å². The van der Waals surface area contributed by atoms with Crippen molar-refractivity contribution in [2.24, 2.45) is 5.73 Å². The van der Waals surface area contributed by atoms with Crippen LogP contribution in [0.2, 0.25) is 0 Å². The largest absolute Gasteiger partial charge is 0.481 e. The third kappa shape index (κ3) is 5.07. The molecule has 1 aromatic rings. The Morgan fingerprint density at radius 1 is 1.39 bits per heavy atom. The molecule has 8 nitrogen and oxygen atoms in total. The number of aliphatic carboxylic acids is 2. The maximum absolute atomic E-state index is 12.2. The van der Waals surface area contributed by atoms with E-state index in [2.05, 4.69) is 17.2 Å². The first kappa shape index (κ1) is 18.6. The fourth-order valence-corrected chi connectivity index (χ4v) is 2.62. The third-order valence-corrected chi connectivity index (χ3v) is 4.02. The zero-order valence-electron chi connectivity index (χ0n) is 12.3. The summed E-state index contributed by atoms with van der Waals surface area (Å²) < 4.78 is 0. The molecule has 1 heterocycles. The van der Waals surface area contributed by atoms with E-state index in [4.69, 9.17) is 21.1 Å². The number of aliphatic hydroxyl groups excluding tert-OH is 1. The molecule has 0 spiro atoms. The molecule has 1 unspecified atom stereocenters. The van der Waals surface area contributed by atoms with E-state index in [1.54, 1.807) is 13.0 Å². The second-order valence-corrected chi connectivity index (χ2v) is 5.76. The van der Waals surface area contributed by atoms with Gasteiger partial charge in [0.2, 0.25) is 0 Å². The van der Waals surface area contributed by atoms with Crippen molar-refractivity contribution in [3.63, 3.8) is 0 Å². The normalized spacial score (nSPS) is 12.7. The molecule has 1 atom stereocenters. The first-order valence-electron chi connectivity index (χ1n) is 6.46. The number of nitrogens with two attached hydrogens (primary N) is 1. The third-order valence-electron chi connectivity index (χ3n) is 2.87. The number of carbonyl (C=O) groups is 3. The second-order valence-electron chi connectivity index (χ2n) is 4.71. The van der Waals surface area contributed by atoms with Crippen LogP contribution in [0.15, 0.2) is 6.07 Å². The number of rotatable bonds is 6. The molecule has 0 fully saturated rings. The van der Waals surface area contributed by atoms with Crippen LogP contribution in [0.3, 0.4) is 0 Å². The van der Waals surface area contributed by atoms with Gasteiger partial charge in [-0.3, -0.25) is 15.3 Å². The second kappa shape index (κ2) is 7.73. The number of hydrogen-bond acceptors (Lipinski definition) is 6. The number of aliphatic hydroxyl groups is 1. The zero-order valence-corrected chi connectivity index (χ0v) is 13.1. The summed E-state index contributed by atoms with van der Waals surface area (Å²) in [5.41, 5.74) is 4.01. The molecule has 0 saturated heterocycles. The van der Waals surface area contributed by atoms with E-state index < -0.39 is 36.4 Å². The lowest BCUT2D eigenvalue weighted by Gasteiger charge is -2.25. The molecule has 9 heteroatoms. The monoisotopic (exact) mass is 340 g/mol. The molecule has 6 N–H and O–H groups in total. The zero-order chi connectivity index (χ0) is 17.6. The predicted octanol–water partition coefficient (Wildman–Crippen LogP) is -0.265. The van der Waals surface area contributed by atoms with Gasteiger partial charge < -0.3 is 20.6 Å². The lowest BCUT2D eigenvalue weighted by Crippen LogP contribution is -2.61. The molecule has 0 aliphatic carbocycles. The fraction of sp³-hybridized carbons (Fsp3) is 0.357. The summed E-state index contributed by atoms with van der Waals surface area (Å²) in [4.78, 5) is 34.8. The Hall–Kier alpha value is -2.41. The number of nitrogens with one attached hydrogen (secondary N) is 1. The van der Waals surface area contributed by atoms with Crippen LogP contribution >= 0.6 is 11.3 Å². The quantitative estimate of drug-likeness (QED) is 0.353. The Bertz CT molecular complexity index is 687. The first-order chi connectivity index (χ1) is 10.7. The number of aryl methyl sites for hydroxylation is 1. The minimum atomic E-state index is -2.18. The number of carboxylic acid groups (broad SMARTS) is 2. The van der Waals surface area contributed by atoms with Crippen LogP contribution in [-0.2, 0) is 9.59 Å². The highest BCUT2D eigenvalue weighted by Crippen LogP contribution is 2.22. The predicted molar refractivity (Wildman–Crippen MR) is 81.9 cm³/mol. The number of hydrogen-bond donors (Lipinski definition) is 5. The van der Waals surface area contributed by atoms with Gasteiger partial charge in [0, 0.05) is 12.8 Å². The molecule has 0 aliphatic heterocycles. The van der Waals surface area contributed by atoms with Gasteiger partial charge in [0.05, 0.1) is 9.75 Å². The maximum Gasteiger partial charge on any atom is 0.344 e. The SMILES string of the molecule is Cc1cc(C#CCO)sc1C(=O)NC(N)(CCC(=O)O)C(=O)O. The minimum absolute atomic E-state index is 0.221. The van der Waals surface area contributed by atoms with E-state index in [-0.39, 0.29) is 11.5 Å². The number of thiophene rings is 1. The molecular weight excluding hydrogens is 324 g/mol. The van der Waals surface area contributed by atoms with Crippen LogP contribution in [0, 0.1) is 18.8 Å². The molecule has 1 amide bonds. The van der Waals surface area contributed by atoms with Gasteiger partial charge in [0.25, 0.3) is 5.91 Å². The first-order valence-corrected chi connectivity index (χ1v) is 7.28. The standard InChI is InChI=1S/C14H16N2O6S/c1-8-7-9(3-2-6-17)23-11(8)12(20)16-14(15,13(21)22)5-4-10(18)19/h7,17H,4-6,15H2,1H3,(H,16,20)(H,18,19)(H,21,22). The summed E-state index contributed by atoms with van der Waals surface area (Å²) in [5.74, 6) is 1.63. The van der Waals surface area contributed by atoms with E-state index in [1.807, 2.05) is 0 Å². The van der Waals surface area contributed by atoms with Crippen molar-refractivity contribution in [3.8, 4) is 11.8 Å². The smallest absolute Gasteiger partial charge is 0.344 e. The lowest BCUT2D eigenvalue weighted by atomic mass is 10.0. The summed E-state index contributed by atoms with van der Waals surface area (Å²) in [7, 11) is 0. The van der Waals surface area contributed by atoms with Crippen molar-refractivity contribution in [1.29, 1.82) is 0 Å². The number of carbonyl (C=O) groups excluding carboxylic acids is 1. The average Bonchev–Trinajstić information content (AvgIpc) is 2.84. The summed E-state index contributed by atoms with van der Waals surface area (Å²) in [6.07, 6.45) is -0.954. The molecule has 124 valence electrons. The van der Waals surface area contributed by atoms with Crippen molar-refractivity contribution >= 4 is 29.2 Å². The molecule has 1 rings (SSSR count). The Kier molecular flexibility index (Phi) is 6.27. The number of amides is 1. The summed E-state index contributed by atoms with van der Waals surface area (Å²) >= 11 is 1.02. The van der Waals surface area contributed by atoms with Crippen molar-refractivity contribution in [3.05, 3.63) is 21.4 Å². The summed E-state index contributed by atoms with van der Waals surface area (Å²) in [6, 6.07) is 1.62. The Balaban J connectivity index is 2.97. The van der Waals surface area contributed by atoms with Gasteiger partial charge in [-0.15, -0.1) is 11.3 Å². The average molecular weight is 340 g/mol. The van der Waals surface area contributed by atoms with Crippen LogP contribution in [0.25, 0.3) is 0 Å². The Morgan fingerprint density at radius 3 is 2.57 bits per heavy atom. The summed E-state index contributed by atoms with van der Waals surface area (Å²) in [6.45, 7) is 1.32. The summed E-state index contributed by atoms with van der Waals surface area (Å²) in [5, 5.41) is 28.6. The number of carboxylic acids is 2. The van der Waals surface area contributed by atoms with E-state index in [1.165, 1.54) is 0 Å². The molecule has 23 heavy (non-hydrogen) atoms. The molecular formula is C14H16N2O6S. The Morgan fingerprint density at radius 2 is 2.04 bits per heavy atom. The van der Waals surface area contributed by atoms with Crippen LogP contribution in [0.1, 0.15) is 33.0 Å². The van der Waals surface area contributed by atoms with Gasteiger partial charge in [-0.2, -0.15) is 0 Å². The van der Waals surface area contributed by atoms with E-state index in [0.29, 0.717) is 10.4 Å². The van der Waals surface area contributed by atoms with Crippen LogP contribution in [0.5, 0.6) is 0 Å². The van der Waals surface area contributed by atoms with Crippen LogP contribution in [0.4, 0.5) is 0 Å².